The number of halogens is 2. The molecule has 1 aromatic heterocycles. The van der Waals surface area contributed by atoms with Crippen LogP contribution >= 0.6 is 23.2 Å². The number of carbonyl (C=O) groups excluding carboxylic acids is 1. The Labute approximate surface area is 177 Å². The van der Waals surface area contributed by atoms with Gasteiger partial charge in [0, 0.05) is 18.7 Å². The van der Waals surface area contributed by atoms with Crippen LogP contribution in [0.3, 0.4) is 0 Å². The monoisotopic (exact) mass is 435 g/mol. The topological polar surface area (TPSA) is 84.5 Å². The van der Waals surface area contributed by atoms with Gasteiger partial charge in [-0.1, -0.05) is 35.3 Å². The fourth-order valence-electron chi connectivity index (χ4n) is 2.71. The molecule has 1 amide bonds. The number of rotatable bonds is 8. The van der Waals surface area contributed by atoms with Crippen molar-refractivity contribution in [3.8, 4) is 5.75 Å². The first-order valence-electron chi connectivity index (χ1n) is 8.80. The van der Waals surface area contributed by atoms with Crippen LogP contribution in [0.25, 0.3) is 10.9 Å². The first-order valence-corrected chi connectivity index (χ1v) is 9.56. The molecule has 0 spiro atoms. The molecule has 0 aliphatic carbocycles. The van der Waals surface area contributed by atoms with Crippen LogP contribution < -0.4 is 10.3 Å². The largest absolute Gasteiger partial charge is 0.482 e. The smallest absolute Gasteiger partial charge is 0.260 e. The molecule has 29 heavy (non-hydrogen) atoms. The minimum absolute atomic E-state index is 0.111. The number of amides is 1. The maximum Gasteiger partial charge on any atom is 0.260 e. The zero-order valence-corrected chi connectivity index (χ0v) is 17.2. The third-order valence-electron chi connectivity index (χ3n) is 4.17. The average Bonchev–Trinajstić information content (AvgIpc) is 2.70. The van der Waals surface area contributed by atoms with Crippen molar-refractivity contribution in [2.45, 2.75) is 6.54 Å². The average molecular weight is 436 g/mol. The molecule has 152 valence electrons. The Morgan fingerprint density at radius 2 is 2.00 bits per heavy atom. The molecule has 7 nitrogen and oxygen atoms in total. The summed E-state index contributed by atoms with van der Waals surface area (Å²) in [4.78, 5) is 33.6. The van der Waals surface area contributed by atoms with Gasteiger partial charge in [0.15, 0.2) is 6.61 Å². The minimum atomic E-state index is -0.302. The molecule has 0 unspecified atom stereocenters. The van der Waals surface area contributed by atoms with Crippen LogP contribution in [-0.4, -0.2) is 47.6 Å². The molecule has 3 aromatic rings. The normalized spacial score (nSPS) is 10.9. The third kappa shape index (κ3) is 5.47. The van der Waals surface area contributed by atoms with E-state index < -0.39 is 0 Å². The van der Waals surface area contributed by atoms with E-state index in [1.165, 1.54) is 11.0 Å². The van der Waals surface area contributed by atoms with Gasteiger partial charge in [0.2, 0.25) is 0 Å². The Hall–Kier alpha value is -2.61. The van der Waals surface area contributed by atoms with Crippen LogP contribution in [0.2, 0.25) is 10.0 Å². The second-order valence-electron chi connectivity index (χ2n) is 6.20. The van der Waals surface area contributed by atoms with Crippen molar-refractivity contribution in [2.75, 3.05) is 26.9 Å². The van der Waals surface area contributed by atoms with Crippen molar-refractivity contribution in [2.24, 2.45) is 0 Å². The van der Waals surface area contributed by atoms with Gasteiger partial charge in [-0.3, -0.25) is 9.59 Å². The summed E-state index contributed by atoms with van der Waals surface area (Å²) in [5, 5.41) is 1.28. The molecule has 0 aliphatic rings. The van der Waals surface area contributed by atoms with E-state index in [9.17, 15) is 9.59 Å². The SMILES string of the molecule is COCCN(Cc1nc2ccccc2c(=O)[nH]1)C(=O)COc1ccc(Cl)cc1Cl. The van der Waals surface area contributed by atoms with Crippen molar-refractivity contribution >= 4 is 40.0 Å². The highest BCUT2D eigenvalue weighted by atomic mass is 35.5. The number of benzene rings is 2. The van der Waals surface area contributed by atoms with Crippen molar-refractivity contribution in [3.05, 3.63) is 68.7 Å². The minimum Gasteiger partial charge on any atom is -0.482 e. The van der Waals surface area contributed by atoms with Crippen molar-refractivity contribution in [1.82, 2.24) is 14.9 Å². The van der Waals surface area contributed by atoms with Crippen molar-refractivity contribution in [3.63, 3.8) is 0 Å². The highest BCUT2D eigenvalue weighted by Gasteiger charge is 2.17. The summed E-state index contributed by atoms with van der Waals surface area (Å²) in [5.74, 6) is 0.430. The standard InChI is InChI=1S/C20H19Cl2N3O4/c1-28-9-8-25(19(26)12-29-17-7-6-13(21)10-15(17)22)11-18-23-16-5-3-2-4-14(16)20(27)24-18/h2-7,10H,8-9,11-12H2,1H3,(H,23,24,27). The number of para-hydroxylation sites is 1. The van der Waals surface area contributed by atoms with Crippen molar-refractivity contribution in [1.29, 1.82) is 0 Å². The van der Waals surface area contributed by atoms with E-state index >= 15 is 0 Å². The first-order chi connectivity index (χ1) is 14.0. The molecule has 9 heteroatoms. The highest BCUT2D eigenvalue weighted by molar-refractivity contribution is 6.35. The summed E-state index contributed by atoms with van der Waals surface area (Å²) in [5.41, 5.74) is 0.309. The Balaban J connectivity index is 1.75. The molecule has 3 rings (SSSR count). The van der Waals surface area contributed by atoms with Crippen LogP contribution in [0.15, 0.2) is 47.3 Å². The predicted octanol–water partition coefficient (Wildman–Crippen LogP) is 3.28. The third-order valence-corrected chi connectivity index (χ3v) is 4.70. The van der Waals surface area contributed by atoms with Crippen LogP contribution in [-0.2, 0) is 16.1 Å². The van der Waals surface area contributed by atoms with Gasteiger partial charge in [-0.15, -0.1) is 0 Å². The van der Waals surface area contributed by atoms with Crippen LogP contribution in [0, 0.1) is 0 Å². The molecule has 0 saturated heterocycles. The number of nitrogens with one attached hydrogen (secondary N) is 1. The second kappa shape index (κ2) is 9.73. The number of H-pyrrole nitrogens is 1. The summed E-state index contributed by atoms with van der Waals surface area (Å²) in [6, 6.07) is 11.8. The maximum absolute atomic E-state index is 12.7. The lowest BCUT2D eigenvalue weighted by Crippen LogP contribution is -2.37. The van der Waals surface area contributed by atoms with E-state index in [0.29, 0.717) is 45.7 Å². The lowest BCUT2D eigenvalue weighted by Gasteiger charge is -2.22. The van der Waals surface area contributed by atoms with Gasteiger partial charge in [0.25, 0.3) is 11.5 Å². The fraction of sp³-hybridized carbons (Fsp3) is 0.250. The molecule has 2 aromatic carbocycles. The lowest BCUT2D eigenvalue weighted by molar-refractivity contribution is -0.134. The zero-order valence-electron chi connectivity index (χ0n) is 15.7. The highest BCUT2D eigenvalue weighted by Crippen LogP contribution is 2.27. The van der Waals surface area contributed by atoms with Gasteiger partial charge in [-0.05, 0) is 30.3 Å². The predicted molar refractivity (Wildman–Crippen MR) is 112 cm³/mol. The van der Waals surface area contributed by atoms with Gasteiger partial charge in [0.1, 0.15) is 11.6 Å². The Morgan fingerprint density at radius 3 is 2.76 bits per heavy atom. The van der Waals surface area contributed by atoms with Gasteiger partial charge >= 0.3 is 0 Å². The fourth-order valence-corrected chi connectivity index (χ4v) is 3.17. The van der Waals surface area contributed by atoms with E-state index in [0.717, 1.165) is 0 Å². The molecule has 0 aliphatic heterocycles. The van der Waals surface area contributed by atoms with Crippen LogP contribution in [0.5, 0.6) is 5.75 Å². The van der Waals surface area contributed by atoms with Crippen LogP contribution in [0.4, 0.5) is 0 Å². The molecule has 0 radical (unpaired) electrons. The number of ether oxygens (including phenoxy) is 2. The number of hydrogen-bond donors (Lipinski definition) is 1. The van der Waals surface area contributed by atoms with E-state index in [2.05, 4.69) is 9.97 Å². The number of methoxy groups -OCH3 is 1. The Bertz CT molecular complexity index is 1070. The molecule has 1 N–H and O–H groups in total. The molecule has 0 bridgehead atoms. The number of aromatic amines is 1. The first kappa shape index (κ1) is 21.1. The summed E-state index contributed by atoms with van der Waals surface area (Å²) in [7, 11) is 1.54. The molecular formula is C20H19Cl2N3O4. The van der Waals surface area contributed by atoms with Crippen molar-refractivity contribution < 1.29 is 14.3 Å². The Kier molecular flexibility index (Phi) is 7.09. The maximum atomic E-state index is 12.7. The van der Waals surface area contributed by atoms with E-state index in [1.54, 1.807) is 43.5 Å². The molecule has 0 atom stereocenters. The van der Waals surface area contributed by atoms with Crippen LogP contribution in [0.1, 0.15) is 5.82 Å². The van der Waals surface area contributed by atoms with Gasteiger partial charge in [0.05, 0.1) is 29.1 Å². The molecule has 0 saturated carbocycles. The lowest BCUT2D eigenvalue weighted by atomic mass is 10.2. The van der Waals surface area contributed by atoms with E-state index in [-0.39, 0.29) is 24.6 Å². The molecule has 0 fully saturated rings. The molecular weight excluding hydrogens is 417 g/mol. The summed E-state index contributed by atoms with van der Waals surface area (Å²) in [6.45, 7) is 0.512. The number of nitrogens with zero attached hydrogens (tertiary/aromatic N) is 2. The number of carbonyl (C=O) groups is 1. The summed E-state index contributed by atoms with van der Waals surface area (Å²) < 4.78 is 10.6. The zero-order chi connectivity index (χ0) is 20.8. The van der Waals surface area contributed by atoms with E-state index in [4.69, 9.17) is 32.7 Å². The van der Waals surface area contributed by atoms with Gasteiger partial charge in [-0.25, -0.2) is 4.98 Å². The second-order valence-corrected chi connectivity index (χ2v) is 7.04. The summed E-state index contributed by atoms with van der Waals surface area (Å²) >= 11 is 11.9. The molecule has 1 heterocycles. The van der Waals surface area contributed by atoms with Gasteiger partial charge < -0.3 is 19.4 Å². The summed E-state index contributed by atoms with van der Waals surface area (Å²) in [6.07, 6.45) is 0. The Morgan fingerprint density at radius 1 is 1.21 bits per heavy atom. The van der Waals surface area contributed by atoms with E-state index in [1.807, 2.05) is 0 Å². The quantitative estimate of drug-likeness (QED) is 0.586. The number of hydrogen-bond acceptors (Lipinski definition) is 5. The van der Waals surface area contributed by atoms with Gasteiger partial charge in [-0.2, -0.15) is 0 Å². The number of fused-ring (bicyclic) bond motifs is 1. The number of aromatic nitrogens is 2.